The van der Waals surface area contributed by atoms with Crippen molar-refractivity contribution in [1.82, 2.24) is 9.29 Å². The van der Waals surface area contributed by atoms with Crippen LogP contribution in [-0.4, -0.2) is 36.8 Å². The highest BCUT2D eigenvalue weighted by molar-refractivity contribution is 7.88. The number of nitrogens with zero attached hydrogens (tertiary/aromatic N) is 2. The van der Waals surface area contributed by atoms with Crippen LogP contribution in [0.5, 0.6) is 0 Å². The van der Waals surface area contributed by atoms with Gasteiger partial charge in [0.2, 0.25) is 10.0 Å². The molecular formula is C15H19N3O2S. The minimum absolute atomic E-state index is 0.0160. The fourth-order valence-corrected chi connectivity index (χ4v) is 4.82. The van der Waals surface area contributed by atoms with Crippen molar-refractivity contribution in [1.29, 1.82) is 0 Å². The zero-order chi connectivity index (χ0) is 14.9. The van der Waals surface area contributed by atoms with Crippen LogP contribution in [0.15, 0.2) is 36.5 Å². The van der Waals surface area contributed by atoms with Gasteiger partial charge in [0.1, 0.15) is 0 Å². The maximum Gasteiger partial charge on any atom is 0.218 e. The highest BCUT2D eigenvalue weighted by atomic mass is 32.2. The number of rotatable bonds is 4. The van der Waals surface area contributed by atoms with E-state index in [1.807, 2.05) is 30.3 Å². The molecule has 1 aliphatic heterocycles. The van der Waals surface area contributed by atoms with Crippen LogP contribution in [0.2, 0.25) is 0 Å². The molecule has 112 valence electrons. The van der Waals surface area contributed by atoms with Crippen molar-refractivity contribution < 1.29 is 8.42 Å². The van der Waals surface area contributed by atoms with Crippen molar-refractivity contribution in [3.63, 3.8) is 0 Å². The minimum Gasteiger partial charge on any atom is -0.329 e. The van der Waals surface area contributed by atoms with Gasteiger partial charge in [-0.25, -0.2) is 8.42 Å². The summed E-state index contributed by atoms with van der Waals surface area (Å²) in [6.07, 6.45) is 3.43. The smallest absolute Gasteiger partial charge is 0.218 e. The predicted octanol–water partition coefficient (Wildman–Crippen LogP) is 1.49. The summed E-state index contributed by atoms with van der Waals surface area (Å²) in [5.74, 6) is -0.0160. The van der Waals surface area contributed by atoms with E-state index in [9.17, 15) is 8.42 Å². The Morgan fingerprint density at radius 3 is 2.90 bits per heavy atom. The molecule has 0 saturated carbocycles. The van der Waals surface area contributed by atoms with Crippen molar-refractivity contribution in [2.75, 3.05) is 13.1 Å². The number of hydrogen-bond acceptors (Lipinski definition) is 4. The average Bonchev–Trinajstić information content (AvgIpc) is 2.97. The molecule has 0 bridgehead atoms. The average molecular weight is 305 g/mol. The Bertz CT molecular complexity index is 740. The van der Waals surface area contributed by atoms with Gasteiger partial charge in [-0.3, -0.25) is 4.98 Å². The number of hydrogen-bond donors (Lipinski definition) is 1. The van der Waals surface area contributed by atoms with Gasteiger partial charge in [0.05, 0.1) is 11.3 Å². The molecule has 1 aromatic carbocycles. The number of nitrogens with two attached hydrogens (primary N) is 1. The molecule has 21 heavy (non-hydrogen) atoms. The third-order valence-electron chi connectivity index (χ3n) is 4.01. The number of sulfonamides is 1. The summed E-state index contributed by atoms with van der Waals surface area (Å²) >= 11 is 0. The summed E-state index contributed by atoms with van der Waals surface area (Å²) in [7, 11) is -3.35. The fourth-order valence-electron chi connectivity index (χ4n) is 2.97. The molecule has 1 saturated heterocycles. The Labute approximate surface area is 124 Å². The lowest BCUT2D eigenvalue weighted by atomic mass is 10.1. The van der Waals surface area contributed by atoms with Crippen molar-refractivity contribution in [2.45, 2.75) is 24.6 Å². The van der Waals surface area contributed by atoms with E-state index in [1.54, 1.807) is 10.5 Å². The van der Waals surface area contributed by atoms with Crippen LogP contribution < -0.4 is 5.73 Å². The molecule has 1 aliphatic rings. The molecular weight excluding hydrogens is 286 g/mol. The first kappa shape index (κ1) is 14.4. The van der Waals surface area contributed by atoms with Gasteiger partial charge >= 0.3 is 0 Å². The number of para-hydroxylation sites is 1. The fraction of sp³-hybridized carbons (Fsp3) is 0.400. The highest BCUT2D eigenvalue weighted by Crippen LogP contribution is 2.25. The van der Waals surface area contributed by atoms with E-state index < -0.39 is 10.0 Å². The zero-order valence-corrected chi connectivity index (χ0v) is 12.6. The van der Waals surface area contributed by atoms with E-state index in [-0.39, 0.29) is 11.8 Å². The van der Waals surface area contributed by atoms with Crippen molar-refractivity contribution in [3.8, 4) is 0 Å². The van der Waals surface area contributed by atoms with Crippen LogP contribution in [0.4, 0.5) is 0 Å². The minimum atomic E-state index is -3.35. The van der Waals surface area contributed by atoms with Crippen LogP contribution in [0.25, 0.3) is 10.9 Å². The summed E-state index contributed by atoms with van der Waals surface area (Å²) in [5, 5.41) is 0.960. The quantitative estimate of drug-likeness (QED) is 0.928. The van der Waals surface area contributed by atoms with E-state index in [4.69, 9.17) is 5.73 Å². The topological polar surface area (TPSA) is 76.3 Å². The molecule has 2 N–H and O–H groups in total. The van der Waals surface area contributed by atoms with Gasteiger partial charge in [-0.2, -0.15) is 4.31 Å². The van der Waals surface area contributed by atoms with Crippen molar-refractivity contribution in [3.05, 3.63) is 42.1 Å². The SMILES string of the molecule is NC[C@@H]1CCCN1S(=O)(=O)Cc1cccc2cccnc12. The lowest BCUT2D eigenvalue weighted by Gasteiger charge is -2.23. The standard InChI is InChI=1S/C15H19N3O2S/c16-10-14-7-3-9-18(14)21(19,20)11-13-5-1-4-12-6-2-8-17-15(12)13/h1-2,4-6,8,14H,3,7,9-11,16H2/t14-/m0/s1. The first-order valence-electron chi connectivity index (χ1n) is 7.14. The van der Waals surface area contributed by atoms with Gasteiger partial charge in [0.25, 0.3) is 0 Å². The Morgan fingerprint density at radius 1 is 1.29 bits per heavy atom. The Morgan fingerprint density at radius 2 is 2.10 bits per heavy atom. The molecule has 0 spiro atoms. The molecule has 0 unspecified atom stereocenters. The molecule has 2 heterocycles. The first-order chi connectivity index (χ1) is 10.1. The van der Waals surface area contributed by atoms with Gasteiger partial charge in [-0.1, -0.05) is 24.3 Å². The first-order valence-corrected chi connectivity index (χ1v) is 8.75. The van der Waals surface area contributed by atoms with Crippen molar-refractivity contribution >= 4 is 20.9 Å². The summed E-state index contributed by atoms with van der Waals surface area (Å²) in [6.45, 7) is 0.954. The predicted molar refractivity (Wildman–Crippen MR) is 83.1 cm³/mol. The van der Waals surface area contributed by atoms with E-state index in [1.165, 1.54) is 0 Å². The van der Waals surface area contributed by atoms with Crippen LogP contribution in [0.3, 0.4) is 0 Å². The third-order valence-corrected chi connectivity index (χ3v) is 5.88. The summed E-state index contributed by atoms with van der Waals surface area (Å²) in [6, 6.07) is 9.39. The molecule has 1 fully saturated rings. The van der Waals surface area contributed by atoms with E-state index >= 15 is 0 Å². The van der Waals surface area contributed by atoms with Gasteiger partial charge in [0.15, 0.2) is 0 Å². The van der Waals surface area contributed by atoms with E-state index in [0.717, 1.165) is 29.3 Å². The Kier molecular flexibility index (Phi) is 3.93. The lowest BCUT2D eigenvalue weighted by Crippen LogP contribution is -2.40. The third kappa shape index (κ3) is 2.79. The molecule has 0 amide bonds. The molecule has 6 heteroatoms. The van der Waals surface area contributed by atoms with Gasteiger partial charge < -0.3 is 5.73 Å². The molecule has 0 radical (unpaired) electrons. The van der Waals surface area contributed by atoms with Crippen LogP contribution >= 0.6 is 0 Å². The monoisotopic (exact) mass is 305 g/mol. The lowest BCUT2D eigenvalue weighted by molar-refractivity contribution is 0.392. The maximum absolute atomic E-state index is 12.7. The molecule has 3 rings (SSSR count). The van der Waals surface area contributed by atoms with Gasteiger partial charge in [-0.05, 0) is 24.5 Å². The summed E-state index contributed by atoms with van der Waals surface area (Å²) in [4.78, 5) is 4.32. The van der Waals surface area contributed by atoms with Crippen LogP contribution in [0.1, 0.15) is 18.4 Å². The van der Waals surface area contributed by atoms with Gasteiger partial charge in [0, 0.05) is 30.7 Å². The molecule has 2 aromatic rings. The molecule has 5 nitrogen and oxygen atoms in total. The summed E-state index contributed by atoms with van der Waals surface area (Å²) < 4.78 is 26.9. The second-order valence-electron chi connectivity index (χ2n) is 5.39. The molecule has 1 atom stereocenters. The van der Waals surface area contributed by atoms with E-state index in [0.29, 0.717) is 13.1 Å². The number of pyridine rings is 1. The normalized spacial score (nSPS) is 20.1. The zero-order valence-electron chi connectivity index (χ0n) is 11.8. The maximum atomic E-state index is 12.7. The highest BCUT2D eigenvalue weighted by Gasteiger charge is 2.33. The summed E-state index contributed by atoms with van der Waals surface area (Å²) in [5.41, 5.74) is 7.19. The van der Waals surface area contributed by atoms with Gasteiger partial charge in [-0.15, -0.1) is 0 Å². The Balaban J connectivity index is 1.94. The van der Waals surface area contributed by atoms with E-state index in [2.05, 4.69) is 4.98 Å². The van der Waals surface area contributed by atoms with Crippen LogP contribution in [0, 0.1) is 0 Å². The second-order valence-corrected chi connectivity index (χ2v) is 7.31. The number of aromatic nitrogens is 1. The largest absolute Gasteiger partial charge is 0.329 e. The molecule has 1 aromatic heterocycles. The Hall–Kier alpha value is -1.50. The van der Waals surface area contributed by atoms with Crippen molar-refractivity contribution in [2.24, 2.45) is 5.73 Å². The number of benzene rings is 1. The van der Waals surface area contributed by atoms with Crippen LogP contribution in [-0.2, 0) is 15.8 Å². The number of fused-ring (bicyclic) bond motifs is 1. The second kappa shape index (κ2) is 5.71. The molecule has 0 aliphatic carbocycles.